The third kappa shape index (κ3) is 9.44. The van der Waals surface area contributed by atoms with E-state index in [9.17, 15) is 39.9 Å². The second kappa shape index (κ2) is 19.6. The van der Waals surface area contributed by atoms with Crippen LogP contribution in [-0.2, 0) is 23.8 Å². The molecule has 15 nitrogen and oxygen atoms in total. The molecule has 3 aliphatic rings. The average Bonchev–Trinajstić information content (AvgIpc) is 3.56. The van der Waals surface area contributed by atoms with Gasteiger partial charge in [-0.15, -0.1) is 0 Å². The molecule has 0 radical (unpaired) electrons. The highest BCUT2D eigenvalue weighted by molar-refractivity contribution is 6.24. The summed E-state index contributed by atoms with van der Waals surface area (Å²) < 4.78 is 23.7. The number of phenolic OH excluding ortho intramolecular Hbond substituents is 3. The van der Waals surface area contributed by atoms with Gasteiger partial charge in [0.15, 0.2) is 5.75 Å². The van der Waals surface area contributed by atoms with Crippen molar-refractivity contribution in [1.29, 1.82) is 0 Å². The molecule has 6 N–H and O–H groups in total. The molecule has 7 rings (SSSR count). The van der Waals surface area contributed by atoms with Gasteiger partial charge in [-0.1, -0.05) is 82.3 Å². The number of fused-ring (bicyclic) bond motifs is 14. The van der Waals surface area contributed by atoms with Gasteiger partial charge in [-0.25, -0.2) is 5.01 Å². The third-order valence-electron chi connectivity index (χ3n) is 12.3. The van der Waals surface area contributed by atoms with E-state index in [4.69, 9.17) is 24.0 Å². The molecule has 0 saturated carbocycles. The minimum absolute atomic E-state index is 0.0299. The van der Waals surface area contributed by atoms with Gasteiger partial charge in [-0.3, -0.25) is 14.4 Å². The largest absolute Gasteiger partial charge is 0.507 e. The molecular weight excluding hydrogens is 835 g/mol. The number of anilines is 3. The number of aliphatic hydroxyl groups excluding tert-OH is 2. The number of ether oxygens (including phenoxy) is 4. The van der Waals surface area contributed by atoms with Crippen LogP contribution >= 0.6 is 0 Å². The molecular formula is C50H57N3O12. The van der Waals surface area contributed by atoms with Crippen LogP contribution in [0.1, 0.15) is 70.0 Å². The lowest BCUT2D eigenvalue weighted by Gasteiger charge is -2.38. The number of nitrogens with one attached hydrogen (secondary N) is 1. The number of para-hydroxylation sites is 2. The Labute approximate surface area is 377 Å². The summed E-state index contributed by atoms with van der Waals surface area (Å²) in [6.45, 7) is 12.5. The summed E-state index contributed by atoms with van der Waals surface area (Å²) in [5.41, 5.74) is 0.665. The molecule has 0 aromatic heterocycles. The number of hydrogen-bond donors (Lipinski definition) is 6. The number of hydrazone groups is 1. The maximum Gasteiger partial charge on any atom is 0.312 e. The van der Waals surface area contributed by atoms with E-state index in [0.29, 0.717) is 11.4 Å². The van der Waals surface area contributed by atoms with Crippen molar-refractivity contribution in [2.24, 2.45) is 28.8 Å². The zero-order valence-corrected chi connectivity index (χ0v) is 37.8. The lowest BCUT2D eigenvalue weighted by molar-refractivity contribution is -0.160. The number of rotatable bonds is 6. The molecule has 0 saturated heterocycles. The molecule has 344 valence electrons. The lowest BCUT2D eigenvalue weighted by atomic mass is 9.78. The fourth-order valence-corrected chi connectivity index (χ4v) is 8.41. The Morgan fingerprint density at radius 2 is 1.46 bits per heavy atom. The van der Waals surface area contributed by atoms with Crippen LogP contribution in [-0.4, -0.2) is 86.7 Å². The Balaban J connectivity index is 1.57. The van der Waals surface area contributed by atoms with E-state index in [1.165, 1.54) is 59.4 Å². The molecule has 9 atom stereocenters. The topological polar surface area (TPSA) is 217 Å². The van der Waals surface area contributed by atoms with Gasteiger partial charge in [-0.05, 0) is 44.2 Å². The number of carbonyl (C=O) groups is 3. The van der Waals surface area contributed by atoms with Gasteiger partial charge in [0.25, 0.3) is 11.7 Å². The molecule has 0 aliphatic carbocycles. The van der Waals surface area contributed by atoms with Gasteiger partial charge in [0, 0.05) is 61.2 Å². The van der Waals surface area contributed by atoms with E-state index in [1.54, 1.807) is 44.9 Å². The Morgan fingerprint density at radius 1 is 0.846 bits per heavy atom. The fourth-order valence-electron chi connectivity index (χ4n) is 8.41. The third-order valence-corrected chi connectivity index (χ3v) is 12.3. The number of ketones is 1. The molecule has 1 amide bonds. The molecule has 15 heteroatoms. The average molecular weight is 892 g/mol. The van der Waals surface area contributed by atoms with Crippen molar-refractivity contribution in [3.8, 4) is 23.0 Å². The summed E-state index contributed by atoms with van der Waals surface area (Å²) >= 11 is 0. The van der Waals surface area contributed by atoms with Crippen molar-refractivity contribution in [3.63, 3.8) is 0 Å². The van der Waals surface area contributed by atoms with E-state index in [-0.39, 0.29) is 44.5 Å². The molecule has 0 spiro atoms. The van der Waals surface area contributed by atoms with Crippen molar-refractivity contribution in [2.45, 2.75) is 85.6 Å². The van der Waals surface area contributed by atoms with Crippen LogP contribution in [0, 0.1) is 30.6 Å². The SMILES string of the molecule is COC1/C=C/OC2(C)Oc3c(C)c(O)c4c(O)c(c(/C=N/N(c5ccccc5)c5ccccc5)c(O)c4c3C2=O)NC(=O)C(C)=C/C=C/C(C)C(O)C(C)C(O)C(C)C(OC(C)=O)C1C. The van der Waals surface area contributed by atoms with E-state index in [0.717, 1.165) is 0 Å². The van der Waals surface area contributed by atoms with Crippen LogP contribution in [0.3, 0.4) is 0 Å². The number of nitrogens with zero attached hydrogens (tertiary/aromatic N) is 2. The number of esters is 1. The molecule has 5 bridgehead atoms. The van der Waals surface area contributed by atoms with E-state index >= 15 is 0 Å². The zero-order chi connectivity index (χ0) is 47.5. The summed E-state index contributed by atoms with van der Waals surface area (Å²) in [4.78, 5) is 41.0. The van der Waals surface area contributed by atoms with Gasteiger partial charge >= 0.3 is 11.8 Å². The minimum Gasteiger partial charge on any atom is -0.507 e. The molecule has 9 unspecified atom stereocenters. The highest BCUT2D eigenvalue weighted by Gasteiger charge is 2.50. The maximum absolute atomic E-state index is 14.6. The molecule has 3 aliphatic heterocycles. The minimum atomic E-state index is -2.09. The Bertz CT molecular complexity index is 2520. The van der Waals surface area contributed by atoms with Gasteiger partial charge in [0.1, 0.15) is 23.4 Å². The lowest BCUT2D eigenvalue weighted by Crippen LogP contribution is -2.46. The van der Waals surface area contributed by atoms with Crippen molar-refractivity contribution in [2.75, 3.05) is 17.4 Å². The van der Waals surface area contributed by atoms with Crippen molar-refractivity contribution in [1.82, 2.24) is 0 Å². The molecule has 0 fully saturated rings. The second-order valence-corrected chi connectivity index (χ2v) is 16.8. The van der Waals surface area contributed by atoms with Crippen LogP contribution in [0.2, 0.25) is 0 Å². The first-order valence-electron chi connectivity index (χ1n) is 21.3. The van der Waals surface area contributed by atoms with Crippen molar-refractivity contribution in [3.05, 3.63) is 113 Å². The number of hydrogen-bond acceptors (Lipinski definition) is 14. The summed E-state index contributed by atoms with van der Waals surface area (Å²) in [5.74, 6) is -8.72. The number of allylic oxidation sites excluding steroid dienone is 2. The summed E-state index contributed by atoms with van der Waals surface area (Å²) in [7, 11) is 1.43. The van der Waals surface area contributed by atoms with Crippen LogP contribution < -0.4 is 15.1 Å². The Kier molecular flexibility index (Phi) is 14.4. The summed E-state index contributed by atoms with van der Waals surface area (Å²) in [5, 5.41) is 67.6. The summed E-state index contributed by atoms with van der Waals surface area (Å²) in [6.07, 6.45) is 4.68. The molecule has 4 aromatic carbocycles. The van der Waals surface area contributed by atoms with Gasteiger partial charge in [0.05, 0.1) is 64.4 Å². The van der Waals surface area contributed by atoms with Crippen LogP contribution in [0.5, 0.6) is 23.0 Å². The highest BCUT2D eigenvalue weighted by Crippen LogP contribution is 2.55. The first-order valence-corrected chi connectivity index (χ1v) is 21.3. The predicted molar refractivity (Wildman–Crippen MR) is 246 cm³/mol. The summed E-state index contributed by atoms with van der Waals surface area (Å²) in [6, 6.07) is 18.2. The number of carbonyl (C=O) groups excluding carboxylic acids is 3. The van der Waals surface area contributed by atoms with Crippen LogP contribution in [0.4, 0.5) is 17.1 Å². The highest BCUT2D eigenvalue weighted by atomic mass is 16.7. The first-order chi connectivity index (χ1) is 30.8. The first kappa shape index (κ1) is 47.8. The Hall–Kier alpha value is -6.68. The quantitative estimate of drug-likeness (QED) is 0.0357. The van der Waals surface area contributed by atoms with Gasteiger partial charge < -0.3 is 49.8 Å². The smallest absolute Gasteiger partial charge is 0.312 e. The number of methoxy groups -OCH3 is 1. The number of phenols is 3. The van der Waals surface area contributed by atoms with Crippen LogP contribution in [0.25, 0.3) is 10.8 Å². The Morgan fingerprint density at radius 3 is 2.05 bits per heavy atom. The number of aliphatic hydroxyl groups is 2. The normalized spacial score (nSPS) is 27.5. The van der Waals surface area contributed by atoms with E-state index < -0.39 is 88.8 Å². The number of aromatic hydroxyl groups is 3. The predicted octanol–water partition coefficient (Wildman–Crippen LogP) is 7.93. The molecule has 4 aromatic rings. The van der Waals surface area contributed by atoms with Gasteiger partial charge in [-0.2, -0.15) is 5.10 Å². The molecule has 3 heterocycles. The maximum atomic E-state index is 14.6. The van der Waals surface area contributed by atoms with E-state index in [2.05, 4.69) is 5.32 Å². The fraction of sp³-hybridized carbons (Fsp3) is 0.360. The van der Waals surface area contributed by atoms with Gasteiger partial charge in [0.2, 0.25) is 0 Å². The standard InChI is InChI=1S/C50H57N3O12/c1-26-17-16-18-27(2)49(61)52-40-35(25-51-53(33-19-12-10-13-20-33)34-21-14-11-15-22-34)44(58)37-38(45(40)59)43(57)31(6)47-39(37)48(60)50(8,65-47)63-24-23-36(62-9)28(3)46(64-32(7)54)30(5)42(56)29(4)41(26)55/h10-26,28-30,36,41-42,46,55-59H,1-9H3,(H,52,61)/b17-16+,24-23+,27-18?,51-25+. The number of benzene rings is 4. The zero-order valence-electron chi connectivity index (χ0n) is 37.8. The number of amides is 1. The second-order valence-electron chi connectivity index (χ2n) is 16.8. The van der Waals surface area contributed by atoms with E-state index in [1.807, 2.05) is 60.7 Å². The van der Waals surface area contributed by atoms with Crippen molar-refractivity contribution < 1.29 is 58.9 Å². The van der Waals surface area contributed by atoms with Crippen molar-refractivity contribution >= 4 is 51.7 Å². The molecule has 65 heavy (non-hydrogen) atoms. The number of Topliss-reactive ketones (excluding diaryl/α,β-unsaturated/α-hetero) is 1. The van der Waals surface area contributed by atoms with Crippen LogP contribution in [0.15, 0.2) is 102 Å². The monoisotopic (exact) mass is 891 g/mol.